The number of hydrogen-bond donors (Lipinski definition) is 1. The minimum absolute atomic E-state index is 0.462. The molecular formula is C18H29N. The fraction of sp³-hybridized carbons (Fsp3) is 0.667. The molecule has 0 spiro atoms. The highest BCUT2D eigenvalue weighted by Crippen LogP contribution is 2.30. The van der Waals surface area contributed by atoms with Crippen LogP contribution in [0.3, 0.4) is 0 Å². The minimum Gasteiger partial charge on any atom is -0.307 e. The van der Waals surface area contributed by atoms with Crippen LogP contribution < -0.4 is 5.32 Å². The van der Waals surface area contributed by atoms with Gasteiger partial charge in [0, 0.05) is 12.1 Å². The van der Waals surface area contributed by atoms with Crippen molar-refractivity contribution in [1.29, 1.82) is 0 Å². The third-order valence-corrected chi connectivity index (χ3v) is 4.83. The van der Waals surface area contributed by atoms with E-state index in [-0.39, 0.29) is 0 Å². The summed E-state index contributed by atoms with van der Waals surface area (Å²) in [5.41, 5.74) is 4.17. The molecule has 19 heavy (non-hydrogen) atoms. The van der Waals surface area contributed by atoms with Crippen LogP contribution in [-0.4, -0.2) is 6.04 Å². The Bertz CT molecular complexity index is 403. The van der Waals surface area contributed by atoms with Gasteiger partial charge < -0.3 is 5.32 Å². The Morgan fingerprint density at radius 2 is 1.63 bits per heavy atom. The van der Waals surface area contributed by atoms with Crippen molar-refractivity contribution in [2.24, 2.45) is 11.8 Å². The summed E-state index contributed by atoms with van der Waals surface area (Å²) in [7, 11) is 0. The molecule has 4 atom stereocenters. The summed E-state index contributed by atoms with van der Waals surface area (Å²) < 4.78 is 0. The van der Waals surface area contributed by atoms with E-state index in [2.05, 4.69) is 58.1 Å². The molecule has 0 heterocycles. The summed E-state index contributed by atoms with van der Waals surface area (Å²) in [5, 5.41) is 3.84. The molecule has 0 amide bonds. The Morgan fingerprint density at radius 1 is 1.00 bits per heavy atom. The van der Waals surface area contributed by atoms with Gasteiger partial charge in [0.15, 0.2) is 0 Å². The Hall–Kier alpha value is -0.820. The van der Waals surface area contributed by atoms with Crippen molar-refractivity contribution in [3.63, 3.8) is 0 Å². The number of hydrogen-bond acceptors (Lipinski definition) is 1. The fourth-order valence-corrected chi connectivity index (χ4v) is 3.41. The zero-order valence-electron chi connectivity index (χ0n) is 13.2. The van der Waals surface area contributed by atoms with Crippen molar-refractivity contribution in [2.45, 2.75) is 66.0 Å². The zero-order valence-corrected chi connectivity index (χ0v) is 13.2. The van der Waals surface area contributed by atoms with E-state index in [9.17, 15) is 0 Å². The first-order valence-corrected chi connectivity index (χ1v) is 7.80. The van der Waals surface area contributed by atoms with Crippen LogP contribution in [0.4, 0.5) is 0 Å². The lowest BCUT2D eigenvalue weighted by Gasteiger charge is -2.34. The molecule has 1 aliphatic rings. The second-order valence-corrected chi connectivity index (χ2v) is 6.77. The van der Waals surface area contributed by atoms with Gasteiger partial charge in [0.1, 0.15) is 0 Å². The van der Waals surface area contributed by atoms with Crippen LogP contribution in [0.5, 0.6) is 0 Å². The molecule has 1 fully saturated rings. The van der Waals surface area contributed by atoms with Gasteiger partial charge >= 0.3 is 0 Å². The second kappa shape index (κ2) is 6.09. The second-order valence-electron chi connectivity index (χ2n) is 6.77. The van der Waals surface area contributed by atoms with Crippen LogP contribution >= 0.6 is 0 Å². The number of rotatable bonds is 3. The van der Waals surface area contributed by atoms with Crippen LogP contribution in [0.15, 0.2) is 18.2 Å². The maximum absolute atomic E-state index is 3.84. The SMILES string of the molecule is Cc1cc(C)cc(C(C)NC2CCC(C)C(C)C2)c1. The molecule has 2 rings (SSSR count). The monoisotopic (exact) mass is 259 g/mol. The van der Waals surface area contributed by atoms with Crippen molar-refractivity contribution in [3.8, 4) is 0 Å². The van der Waals surface area contributed by atoms with E-state index < -0.39 is 0 Å². The van der Waals surface area contributed by atoms with Crippen molar-refractivity contribution < 1.29 is 0 Å². The van der Waals surface area contributed by atoms with Crippen LogP contribution in [0.25, 0.3) is 0 Å². The largest absolute Gasteiger partial charge is 0.307 e. The van der Waals surface area contributed by atoms with E-state index in [1.807, 2.05) is 0 Å². The van der Waals surface area contributed by atoms with Crippen LogP contribution in [0.2, 0.25) is 0 Å². The molecule has 0 aromatic heterocycles. The lowest BCUT2D eigenvalue weighted by molar-refractivity contribution is 0.217. The maximum atomic E-state index is 3.84. The standard InChI is InChI=1S/C18H29N/c1-12-8-13(2)10-17(9-12)16(5)19-18-7-6-14(3)15(4)11-18/h8-10,14-16,18-19H,6-7,11H2,1-5H3. The molecule has 1 N–H and O–H groups in total. The predicted molar refractivity (Wildman–Crippen MR) is 83.4 cm³/mol. The normalized spacial score (nSPS) is 29.2. The summed E-state index contributed by atoms with van der Waals surface area (Å²) >= 11 is 0. The average molecular weight is 259 g/mol. The van der Waals surface area contributed by atoms with Crippen molar-refractivity contribution in [2.75, 3.05) is 0 Å². The minimum atomic E-state index is 0.462. The third-order valence-electron chi connectivity index (χ3n) is 4.83. The van der Waals surface area contributed by atoms with E-state index in [1.165, 1.54) is 36.0 Å². The van der Waals surface area contributed by atoms with Gasteiger partial charge in [-0.15, -0.1) is 0 Å². The van der Waals surface area contributed by atoms with Gasteiger partial charge in [-0.05, 0) is 57.4 Å². The first-order chi connectivity index (χ1) is 8.95. The summed E-state index contributed by atoms with van der Waals surface area (Å²) in [5.74, 6) is 1.76. The topological polar surface area (TPSA) is 12.0 Å². The van der Waals surface area contributed by atoms with Crippen molar-refractivity contribution >= 4 is 0 Å². The molecule has 4 unspecified atom stereocenters. The Balaban J connectivity index is 1.99. The maximum Gasteiger partial charge on any atom is 0.0294 e. The summed E-state index contributed by atoms with van der Waals surface area (Å²) in [4.78, 5) is 0. The average Bonchev–Trinajstić information content (AvgIpc) is 2.32. The lowest BCUT2D eigenvalue weighted by Crippen LogP contribution is -2.37. The molecule has 1 nitrogen and oxygen atoms in total. The van der Waals surface area contributed by atoms with Gasteiger partial charge in [-0.2, -0.15) is 0 Å². The van der Waals surface area contributed by atoms with Crippen LogP contribution in [-0.2, 0) is 0 Å². The molecule has 0 aliphatic heterocycles. The highest BCUT2D eigenvalue weighted by atomic mass is 14.9. The number of nitrogens with one attached hydrogen (secondary N) is 1. The van der Waals surface area contributed by atoms with E-state index in [0.29, 0.717) is 12.1 Å². The molecule has 0 radical (unpaired) electrons. The molecule has 0 bridgehead atoms. The Morgan fingerprint density at radius 3 is 2.21 bits per heavy atom. The quantitative estimate of drug-likeness (QED) is 0.824. The zero-order chi connectivity index (χ0) is 14.0. The molecular weight excluding hydrogens is 230 g/mol. The van der Waals surface area contributed by atoms with Gasteiger partial charge in [0.05, 0.1) is 0 Å². The Kier molecular flexibility index (Phi) is 4.67. The summed E-state index contributed by atoms with van der Waals surface area (Å²) in [6.45, 7) is 11.5. The molecule has 1 aromatic rings. The molecule has 1 saturated carbocycles. The van der Waals surface area contributed by atoms with E-state index >= 15 is 0 Å². The molecule has 1 heteroatoms. The molecule has 1 aliphatic carbocycles. The molecule has 1 aromatic carbocycles. The van der Waals surface area contributed by atoms with Gasteiger partial charge in [-0.25, -0.2) is 0 Å². The van der Waals surface area contributed by atoms with Crippen molar-refractivity contribution in [1.82, 2.24) is 5.32 Å². The summed E-state index contributed by atoms with van der Waals surface area (Å²) in [6, 6.07) is 8.05. The number of aryl methyl sites for hydroxylation is 2. The third kappa shape index (κ3) is 3.82. The first kappa shape index (κ1) is 14.6. The Labute approximate surface area is 118 Å². The highest BCUT2D eigenvalue weighted by Gasteiger charge is 2.25. The van der Waals surface area contributed by atoms with Crippen LogP contribution in [0.1, 0.15) is 62.8 Å². The molecule has 106 valence electrons. The van der Waals surface area contributed by atoms with Crippen LogP contribution in [0, 0.1) is 25.7 Å². The fourth-order valence-electron chi connectivity index (χ4n) is 3.41. The van der Waals surface area contributed by atoms with Gasteiger partial charge in [-0.1, -0.05) is 43.2 Å². The molecule has 0 saturated heterocycles. The van der Waals surface area contributed by atoms with Gasteiger partial charge in [0.2, 0.25) is 0 Å². The van der Waals surface area contributed by atoms with E-state index in [1.54, 1.807) is 0 Å². The lowest BCUT2D eigenvalue weighted by atomic mass is 9.79. The van der Waals surface area contributed by atoms with Crippen molar-refractivity contribution in [3.05, 3.63) is 34.9 Å². The van der Waals surface area contributed by atoms with Gasteiger partial charge in [-0.3, -0.25) is 0 Å². The van der Waals surface area contributed by atoms with Gasteiger partial charge in [0.25, 0.3) is 0 Å². The van der Waals surface area contributed by atoms with E-state index in [4.69, 9.17) is 0 Å². The highest BCUT2D eigenvalue weighted by molar-refractivity contribution is 5.30. The number of benzene rings is 1. The predicted octanol–water partition coefficient (Wildman–Crippen LogP) is 4.78. The smallest absolute Gasteiger partial charge is 0.0294 e. The van der Waals surface area contributed by atoms with E-state index in [0.717, 1.165) is 11.8 Å². The first-order valence-electron chi connectivity index (χ1n) is 7.80. The summed E-state index contributed by atoms with van der Waals surface area (Å²) in [6.07, 6.45) is 4.04.